The number of rotatable bonds is 14. The second-order valence-electron chi connectivity index (χ2n) is 8.54. The maximum absolute atomic E-state index is 13.1. The number of aliphatic hydroxyl groups is 1. The van der Waals surface area contributed by atoms with Gasteiger partial charge in [-0.05, 0) is 24.6 Å². The molecule has 1 aromatic heterocycles. The summed E-state index contributed by atoms with van der Waals surface area (Å²) in [6, 6.07) is -0.278. The summed E-state index contributed by atoms with van der Waals surface area (Å²) in [5.41, 5.74) is 6.52. The Kier molecular flexibility index (Phi) is 10.7. The van der Waals surface area contributed by atoms with Gasteiger partial charge in [-0.25, -0.2) is 9.78 Å². The summed E-state index contributed by atoms with van der Waals surface area (Å²) in [6.45, 7) is 1.27. The quantitative estimate of drug-likeness (QED) is 0.124. The highest BCUT2D eigenvalue weighted by Crippen LogP contribution is 2.12. The van der Waals surface area contributed by atoms with Gasteiger partial charge in [0, 0.05) is 24.7 Å². The fourth-order valence-electron chi connectivity index (χ4n) is 3.31. The lowest BCUT2D eigenvalue weighted by Crippen LogP contribution is -2.59. The standard InChI is InChI=1S/C23H30N6O9/c1-11(30)19(24)22(36)28-15(6-12-2-4-14(31)5-3-12)20(34)27-16(8-18(32)33)21(35)29-17(23(37)38)7-13-9-25-10-26-13/h2-5,9-11,15-17,19,30-31H,6-8,24H2,1H3,(H,25,26)(H,27,34)(H,28,36)(H,29,35)(H,32,33)(H,37,38). The summed E-state index contributed by atoms with van der Waals surface area (Å²) in [7, 11) is 0. The Morgan fingerprint density at radius 1 is 0.921 bits per heavy atom. The average molecular weight is 535 g/mol. The molecule has 0 aliphatic heterocycles. The molecule has 10 N–H and O–H groups in total. The zero-order valence-corrected chi connectivity index (χ0v) is 20.3. The number of carbonyl (C=O) groups is 5. The maximum Gasteiger partial charge on any atom is 0.326 e. The Bertz CT molecular complexity index is 1120. The Balaban J connectivity index is 2.23. The van der Waals surface area contributed by atoms with Gasteiger partial charge in [0.05, 0.1) is 18.9 Å². The van der Waals surface area contributed by atoms with Crippen LogP contribution in [0.25, 0.3) is 0 Å². The molecule has 2 aromatic rings. The first-order valence-electron chi connectivity index (χ1n) is 11.4. The van der Waals surface area contributed by atoms with Crippen LogP contribution < -0.4 is 21.7 Å². The second kappa shape index (κ2) is 13.7. The number of aromatic amines is 1. The molecule has 0 fully saturated rings. The highest BCUT2D eigenvalue weighted by Gasteiger charge is 2.32. The molecule has 5 atom stereocenters. The minimum Gasteiger partial charge on any atom is -0.508 e. The van der Waals surface area contributed by atoms with E-state index in [9.17, 15) is 44.4 Å². The lowest BCUT2D eigenvalue weighted by atomic mass is 10.0. The van der Waals surface area contributed by atoms with Gasteiger partial charge in [-0.1, -0.05) is 12.1 Å². The summed E-state index contributed by atoms with van der Waals surface area (Å²) >= 11 is 0. The first-order valence-corrected chi connectivity index (χ1v) is 11.4. The average Bonchev–Trinajstić information content (AvgIpc) is 3.36. The first-order chi connectivity index (χ1) is 17.9. The Morgan fingerprint density at radius 3 is 2.03 bits per heavy atom. The van der Waals surface area contributed by atoms with Crippen molar-refractivity contribution in [1.29, 1.82) is 0 Å². The zero-order valence-electron chi connectivity index (χ0n) is 20.3. The molecule has 0 radical (unpaired) electrons. The minimum absolute atomic E-state index is 0.0452. The normalized spacial score (nSPS) is 14.8. The van der Waals surface area contributed by atoms with Crippen molar-refractivity contribution in [1.82, 2.24) is 25.9 Å². The number of nitrogens with one attached hydrogen (secondary N) is 4. The topological polar surface area (TPSA) is 257 Å². The number of aliphatic hydroxyl groups excluding tert-OH is 1. The lowest BCUT2D eigenvalue weighted by Gasteiger charge is -2.25. The van der Waals surface area contributed by atoms with Crippen molar-refractivity contribution < 1.29 is 44.4 Å². The minimum atomic E-state index is -1.70. The predicted molar refractivity (Wildman–Crippen MR) is 129 cm³/mol. The van der Waals surface area contributed by atoms with E-state index in [1.54, 1.807) is 0 Å². The molecule has 38 heavy (non-hydrogen) atoms. The van der Waals surface area contributed by atoms with Crippen molar-refractivity contribution in [2.24, 2.45) is 5.73 Å². The van der Waals surface area contributed by atoms with Crippen LogP contribution in [0.2, 0.25) is 0 Å². The van der Waals surface area contributed by atoms with Crippen LogP contribution in [0.1, 0.15) is 24.6 Å². The molecule has 1 heterocycles. The van der Waals surface area contributed by atoms with Gasteiger partial charge in [-0.3, -0.25) is 19.2 Å². The van der Waals surface area contributed by atoms with E-state index < -0.39 is 66.4 Å². The third-order valence-corrected chi connectivity index (χ3v) is 5.44. The van der Waals surface area contributed by atoms with Gasteiger partial charge in [0.1, 0.15) is 29.9 Å². The van der Waals surface area contributed by atoms with Crippen LogP contribution in [-0.4, -0.2) is 90.3 Å². The predicted octanol–water partition coefficient (Wildman–Crippen LogP) is -2.38. The Hall–Kier alpha value is -4.50. The first kappa shape index (κ1) is 29.7. The molecule has 206 valence electrons. The number of carbonyl (C=O) groups excluding carboxylic acids is 3. The number of carboxylic acids is 2. The molecular formula is C23H30N6O9. The van der Waals surface area contributed by atoms with E-state index in [1.807, 2.05) is 0 Å². The van der Waals surface area contributed by atoms with Crippen molar-refractivity contribution in [2.75, 3.05) is 0 Å². The van der Waals surface area contributed by atoms with Gasteiger partial charge in [-0.15, -0.1) is 0 Å². The molecule has 0 bridgehead atoms. The fourth-order valence-corrected chi connectivity index (χ4v) is 3.31. The lowest BCUT2D eigenvalue weighted by molar-refractivity contribution is -0.143. The largest absolute Gasteiger partial charge is 0.508 e. The van der Waals surface area contributed by atoms with Crippen LogP contribution in [-0.2, 0) is 36.8 Å². The second-order valence-corrected chi connectivity index (χ2v) is 8.54. The highest BCUT2D eigenvalue weighted by molar-refractivity contribution is 5.95. The van der Waals surface area contributed by atoms with Crippen molar-refractivity contribution in [3.05, 3.63) is 48.0 Å². The number of aromatic nitrogens is 2. The molecule has 0 spiro atoms. The summed E-state index contributed by atoms with van der Waals surface area (Å²) < 4.78 is 0. The summed E-state index contributed by atoms with van der Waals surface area (Å²) in [5, 5.41) is 44.7. The van der Waals surface area contributed by atoms with Crippen molar-refractivity contribution >= 4 is 29.7 Å². The number of H-pyrrole nitrogens is 1. The van der Waals surface area contributed by atoms with Crippen LogP contribution in [0.3, 0.4) is 0 Å². The number of carboxylic acid groups (broad SMARTS) is 2. The number of aromatic hydroxyl groups is 1. The number of benzene rings is 1. The van der Waals surface area contributed by atoms with E-state index in [-0.39, 0.29) is 18.6 Å². The van der Waals surface area contributed by atoms with Crippen LogP contribution in [0.5, 0.6) is 5.75 Å². The number of amides is 3. The van der Waals surface area contributed by atoms with Gasteiger partial charge in [-0.2, -0.15) is 0 Å². The monoisotopic (exact) mass is 534 g/mol. The number of hydrogen-bond acceptors (Lipinski definition) is 9. The van der Waals surface area contributed by atoms with Gasteiger partial charge < -0.3 is 47.1 Å². The number of aliphatic carboxylic acids is 2. The van der Waals surface area contributed by atoms with E-state index in [4.69, 9.17) is 5.73 Å². The number of nitrogens with zero attached hydrogens (tertiary/aromatic N) is 1. The smallest absolute Gasteiger partial charge is 0.326 e. The Morgan fingerprint density at radius 2 is 1.50 bits per heavy atom. The van der Waals surface area contributed by atoms with E-state index in [0.29, 0.717) is 11.3 Å². The molecule has 2 rings (SSSR count). The maximum atomic E-state index is 13.1. The van der Waals surface area contributed by atoms with Gasteiger partial charge in [0.15, 0.2) is 0 Å². The molecule has 3 amide bonds. The van der Waals surface area contributed by atoms with E-state index >= 15 is 0 Å². The van der Waals surface area contributed by atoms with Crippen molar-refractivity contribution in [3.8, 4) is 5.75 Å². The third kappa shape index (κ3) is 9.18. The molecule has 5 unspecified atom stereocenters. The number of hydrogen-bond donors (Lipinski definition) is 9. The van der Waals surface area contributed by atoms with Crippen LogP contribution >= 0.6 is 0 Å². The molecule has 1 aromatic carbocycles. The zero-order chi connectivity index (χ0) is 28.4. The van der Waals surface area contributed by atoms with Crippen LogP contribution in [0.15, 0.2) is 36.8 Å². The molecule has 15 heteroatoms. The molecule has 0 aliphatic carbocycles. The summed E-state index contributed by atoms with van der Waals surface area (Å²) in [4.78, 5) is 68.0. The molecule has 0 saturated carbocycles. The number of nitrogens with two attached hydrogens (primary N) is 1. The van der Waals surface area contributed by atoms with Crippen LogP contribution in [0, 0.1) is 0 Å². The SMILES string of the molecule is CC(O)C(N)C(=O)NC(Cc1ccc(O)cc1)C(=O)NC(CC(=O)O)C(=O)NC(Cc1cnc[nH]1)C(=O)O. The van der Waals surface area contributed by atoms with Gasteiger partial charge >= 0.3 is 11.9 Å². The van der Waals surface area contributed by atoms with Gasteiger partial charge in [0.25, 0.3) is 0 Å². The number of imidazole rings is 1. The molecule has 15 nitrogen and oxygen atoms in total. The summed E-state index contributed by atoms with van der Waals surface area (Å²) in [6.07, 6.45) is 0.194. The fraction of sp³-hybridized carbons (Fsp3) is 0.391. The number of phenols is 1. The third-order valence-electron chi connectivity index (χ3n) is 5.44. The molecule has 0 aliphatic rings. The molecular weight excluding hydrogens is 504 g/mol. The van der Waals surface area contributed by atoms with Gasteiger partial charge in [0.2, 0.25) is 17.7 Å². The summed E-state index contributed by atoms with van der Waals surface area (Å²) in [5.74, 6) is -5.84. The van der Waals surface area contributed by atoms with E-state index in [0.717, 1.165) is 0 Å². The van der Waals surface area contributed by atoms with Crippen LogP contribution in [0.4, 0.5) is 0 Å². The Labute approximate surface area is 216 Å². The molecule has 0 saturated heterocycles. The number of phenolic OH excluding ortho intramolecular Hbond substituents is 1. The van der Waals surface area contributed by atoms with E-state index in [2.05, 4.69) is 25.9 Å². The van der Waals surface area contributed by atoms with Crippen molar-refractivity contribution in [3.63, 3.8) is 0 Å². The van der Waals surface area contributed by atoms with E-state index in [1.165, 1.54) is 43.7 Å². The highest BCUT2D eigenvalue weighted by atomic mass is 16.4. The van der Waals surface area contributed by atoms with Crippen molar-refractivity contribution in [2.45, 2.75) is 56.5 Å².